The molecule has 1 aliphatic carbocycles. The smallest absolute Gasteiger partial charge is 0.277 e. The summed E-state index contributed by atoms with van der Waals surface area (Å²) in [6.07, 6.45) is 2.74. The first-order chi connectivity index (χ1) is 17.6. The van der Waals surface area contributed by atoms with Gasteiger partial charge in [0.1, 0.15) is 10.7 Å². The Balaban J connectivity index is 1.62. The van der Waals surface area contributed by atoms with Crippen molar-refractivity contribution in [2.24, 2.45) is 16.3 Å². The van der Waals surface area contributed by atoms with Gasteiger partial charge >= 0.3 is 0 Å². The van der Waals surface area contributed by atoms with E-state index in [4.69, 9.17) is 16.6 Å². The third-order valence-corrected chi connectivity index (χ3v) is 9.18. The minimum Gasteiger partial charge on any atom is -0.322 e. The molecule has 0 spiro atoms. The number of aliphatic imine (C=N–C) groups is 1. The van der Waals surface area contributed by atoms with Gasteiger partial charge in [0.05, 0.1) is 11.3 Å². The van der Waals surface area contributed by atoms with Crippen LogP contribution in [0.2, 0.25) is 5.02 Å². The van der Waals surface area contributed by atoms with Crippen molar-refractivity contribution < 1.29 is 9.59 Å². The van der Waals surface area contributed by atoms with E-state index >= 15 is 0 Å². The van der Waals surface area contributed by atoms with Crippen LogP contribution in [0.25, 0.3) is 0 Å². The molecule has 3 aromatic rings. The van der Waals surface area contributed by atoms with Gasteiger partial charge in [0, 0.05) is 32.2 Å². The number of likely N-dealkylation sites (N-methyl/N-ethyl adjacent to an activating group) is 1. The lowest BCUT2D eigenvalue weighted by atomic mass is 9.72. The highest BCUT2D eigenvalue weighted by Crippen LogP contribution is 2.46. The molecule has 0 fully saturated rings. The molecule has 2 aromatic carbocycles. The van der Waals surface area contributed by atoms with E-state index < -0.39 is 0 Å². The summed E-state index contributed by atoms with van der Waals surface area (Å²) in [5.41, 5.74) is 4.48. The van der Waals surface area contributed by atoms with E-state index in [0.29, 0.717) is 39.4 Å². The zero-order valence-electron chi connectivity index (χ0n) is 21.3. The number of nitrogens with one attached hydrogen (secondary N) is 1. The van der Waals surface area contributed by atoms with Crippen molar-refractivity contribution in [2.45, 2.75) is 47.0 Å². The number of halogens is 2. The van der Waals surface area contributed by atoms with E-state index in [9.17, 15) is 9.59 Å². The Bertz CT molecular complexity index is 1420. The number of hydrogen-bond donors (Lipinski definition) is 1. The third-order valence-electron chi connectivity index (χ3n) is 7.28. The Kier molecular flexibility index (Phi) is 7.07. The van der Waals surface area contributed by atoms with Crippen LogP contribution in [0.3, 0.4) is 0 Å². The van der Waals surface area contributed by atoms with Gasteiger partial charge in [0.25, 0.3) is 11.8 Å². The summed E-state index contributed by atoms with van der Waals surface area (Å²) in [4.78, 5) is 35.0. The third kappa shape index (κ3) is 5.01. The van der Waals surface area contributed by atoms with Crippen LogP contribution in [-0.2, 0) is 17.6 Å². The molecule has 0 unspecified atom stereocenters. The van der Waals surface area contributed by atoms with Gasteiger partial charge in [-0.05, 0) is 85.5 Å². The first-order valence-electron chi connectivity index (χ1n) is 12.5. The van der Waals surface area contributed by atoms with Crippen LogP contribution in [0, 0.1) is 11.3 Å². The maximum absolute atomic E-state index is 13.7. The molecule has 5 nitrogen and oxygen atoms in total. The summed E-state index contributed by atoms with van der Waals surface area (Å²) in [7, 11) is 0. The molecule has 5 rings (SSSR count). The van der Waals surface area contributed by atoms with Gasteiger partial charge in [-0.3, -0.25) is 9.59 Å². The van der Waals surface area contributed by atoms with Gasteiger partial charge in [0.15, 0.2) is 0 Å². The average Bonchev–Trinajstić information content (AvgIpc) is 3.34. The van der Waals surface area contributed by atoms with Crippen LogP contribution in [0.4, 0.5) is 16.4 Å². The molecule has 0 saturated heterocycles. The number of benzene rings is 2. The number of nitrogens with zero attached hydrogens (tertiary/aromatic N) is 2. The minimum absolute atomic E-state index is 0.140. The molecule has 37 heavy (non-hydrogen) atoms. The van der Waals surface area contributed by atoms with Crippen LogP contribution < -0.4 is 10.2 Å². The number of thiophene rings is 1. The number of rotatable bonds is 4. The van der Waals surface area contributed by atoms with Crippen molar-refractivity contribution in [3.05, 3.63) is 73.5 Å². The first kappa shape index (κ1) is 26.1. The first-order valence-corrected chi connectivity index (χ1v) is 14.5. The van der Waals surface area contributed by atoms with Crippen LogP contribution >= 0.6 is 38.9 Å². The predicted octanol–water partition coefficient (Wildman–Crippen LogP) is 8.05. The number of hydrogen-bond acceptors (Lipinski definition) is 4. The molecule has 1 atom stereocenters. The Morgan fingerprint density at radius 1 is 1.22 bits per heavy atom. The largest absolute Gasteiger partial charge is 0.322 e. The number of carbonyl (C=O) groups excluding carboxylic acids is 2. The maximum Gasteiger partial charge on any atom is 0.277 e. The lowest BCUT2D eigenvalue weighted by Gasteiger charge is -2.33. The number of fused-ring (bicyclic) bond motifs is 2. The van der Waals surface area contributed by atoms with E-state index in [1.807, 2.05) is 25.1 Å². The lowest BCUT2D eigenvalue weighted by molar-refractivity contribution is -0.112. The summed E-state index contributed by atoms with van der Waals surface area (Å²) in [6, 6.07) is 12.9. The zero-order valence-corrected chi connectivity index (χ0v) is 24.5. The second kappa shape index (κ2) is 10.0. The Morgan fingerprint density at radius 3 is 2.62 bits per heavy atom. The van der Waals surface area contributed by atoms with E-state index in [1.165, 1.54) is 4.88 Å². The van der Waals surface area contributed by atoms with Crippen molar-refractivity contribution in [1.82, 2.24) is 0 Å². The fraction of sp³-hybridized carbons (Fsp3) is 0.345. The Labute approximate surface area is 235 Å². The highest BCUT2D eigenvalue weighted by atomic mass is 79.9. The standard InChI is InChI=1S/C29H29BrClN3O2S/c1-5-34-22-13-7-17(30)15-21(22)25(28(34)36)33-27-24(26(35)32-19-10-8-18(31)9-11-19)20-12-6-16(29(2,3)4)14-23(20)37-27/h7-11,13,15-16H,5-6,12,14H2,1-4H3,(H,32,35)/t16-/m0/s1. The quantitative estimate of drug-likeness (QED) is 0.330. The summed E-state index contributed by atoms with van der Waals surface area (Å²) in [5, 5.41) is 4.23. The van der Waals surface area contributed by atoms with E-state index in [1.54, 1.807) is 40.5 Å². The SMILES string of the molecule is CCN1C(=O)C(=Nc2sc3c(c2C(=O)Nc2ccc(Cl)cc2)CC[C@H](C(C)(C)C)C3)c2cc(Br)ccc21. The topological polar surface area (TPSA) is 61.8 Å². The molecular formula is C29H29BrClN3O2S. The Morgan fingerprint density at radius 2 is 1.95 bits per heavy atom. The van der Waals surface area contributed by atoms with E-state index in [-0.39, 0.29) is 17.2 Å². The molecule has 192 valence electrons. The van der Waals surface area contributed by atoms with Gasteiger partial charge in [-0.25, -0.2) is 4.99 Å². The minimum atomic E-state index is -0.208. The van der Waals surface area contributed by atoms with Gasteiger partial charge in [0.2, 0.25) is 0 Å². The summed E-state index contributed by atoms with van der Waals surface area (Å²) < 4.78 is 0.879. The van der Waals surface area contributed by atoms with Crippen molar-refractivity contribution in [2.75, 3.05) is 16.8 Å². The van der Waals surface area contributed by atoms with Crippen LogP contribution in [-0.4, -0.2) is 24.1 Å². The summed E-state index contributed by atoms with van der Waals surface area (Å²) >= 11 is 11.1. The molecule has 1 aromatic heterocycles. The second-order valence-electron chi connectivity index (χ2n) is 10.6. The number of amides is 2. The molecule has 0 bridgehead atoms. The molecule has 0 radical (unpaired) electrons. The van der Waals surface area contributed by atoms with Crippen molar-refractivity contribution in [3.63, 3.8) is 0 Å². The van der Waals surface area contributed by atoms with E-state index in [2.05, 4.69) is 42.0 Å². The van der Waals surface area contributed by atoms with Crippen LogP contribution in [0.5, 0.6) is 0 Å². The monoisotopic (exact) mass is 597 g/mol. The maximum atomic E-state index is 13.7. The van der Waals surface area contributed by atoms with Gasteiger partial charge < -0.3 is 10.2 Å². The molecule has 0 saturated carbocycles. The van der Waals surface area contributed by atoms with Gasteiger partial charge in [-0.1, -0.05) is 48.3 Å². The highest BCUT2D eigenvalue weighted by molar-refractivity contribution is 9.10. The predicted molar refractivity (Wildman–Crippen MR) is 157 cm³/mol. The van der Waals surface area contributed by atoms with Crippen LogP contribution in [0.1, 0.15) is 60.5 Å². The summed E-state index contributed by atoms with van der Waals surface area (Å²) in [5.74, 6) is 0.172. The fourth-order valence-corrected chi connectivity index (χ4v) is 6.95. The number of anilines is 2. The van der Waals surface area contributed by atoms with Crippen molar-refractivity contribution in [1.29, 1.82) is 0 Å². The van der Waals surface area contributed by atoms with Crippen molar-refractivity contribution >= 4 is 72.8 Å². The van der Waals surface area contributed by atoms with Crippen LogP contribution in [0.15, 0.2) is 51.9 Å². The molecule has 2 amide bonds. The molecule has 8 heteroatoms. The molecular weight excluding hydrogens is 570 g/mol. The highest BCUT2D eigenvalue weighted by Gasteiger charge is 2.36. The normalized spacial score (nSPS) is 18.2. The van der Waals surface area contributed by atoms with Gasteiger partial charge in [-0.15, -0.1) is 11.3 Å². The number of carbonyl (C=O) groups is 2. The second-order valence-corrected chi connectivity index (χ2v) is 13.1. The van der Waals surface area contributed by atoms with Gasteiger partial charge in [-0.2, -0.15) is 0 Å². The van der Waals surface area contributed by atoms with Crippen molar-refractivity contribution in [3.8, 4) is 0 Å². The molecule has 2 heterocycles. The lowest BCUT2D eigenvalue weighted by Crippen LogP contribution is -2.29. The average molecular weight is 599 g/mol. The molecule has 1 N–H and O–H groups in total. The molecule has 2 aliphatic rings. The summed E-state index contributed by atoms with van der Waals surface area (Å²) in [6.45, 7) is 9.32. The fourth-order valence-electron chi connectivity index (χ4n) is 5.16. The Hall–Kier alpha value is -2.48. The molecule has 1 aliphatic heterocycles. The zero-order chi connectivity index (χ0) is 26.5. The van der Waals surface area contributed by atoms with E-state index in [0.717, 1.165) is 40.5 Å².